The number of anilines is 1. The lowest BCUT2D eigenvalue weighted by molar-refractivity contribution is 0.282. The normalized spacial score (nSPS) is 19.5. The summed E-state index contributed by atoms with van der Waals surface area (Å²) in [6.07, 6.45) is 8.60. The van der Waals surface area contributed by atoms with Crippen molar-refractivity contribution in [2.24, 2.45) is 4.99 Å². The monoisotopic (exact) mass is 415 g/mol. The Bertz CT molecular complexity index is 632. The van der Waals surface area contributed by atoms with E-state index in [1.54, 1.807) is 0 Å². The van der Waals surface area contributed by atoms with E-state index in [1.165, 1.54) is 50.9 Å². The van der Waals surface area contributed by atoms with E-state index in [-0.39, 0.29) is 0 Å². The van der Waals surface area contributed by atoms with Crippen LogP contribution in [0.4, 0.5) is 5.82 Å². The van der Waals surface area contributed by atoms with Crippen LogP contribution < -0.4 is 15.5 Å². The summed E-state index contributed by atoms with van der Waals surface area (Å²) >= 11 is 0. The minimum Gasteiger partial charge on any atom is -0.357 e. The Kier molecular flexibility index (Phi) is 9.70. The molecule has 2 N–H and O–H groups in total. The van der Waals surface area contributed by atoms with Gasteiger partial charge in [-0.1, -0.05) is 12.8 Å². The number of piperazine rings is 1. The van der Waals surface area contributed by atoms with E-state index < -0.39 is 0 Å². The standard InChI is InChI=1S/C23H41N7/c1-3-24-23(26-10-8-14-29-12-6-4-5-7-13-29)27-20-21-9-11-25-22(19-21)30-17-15-28(2)16-18-30/h9,11,19H,3-8,10,12-18,20H2,1-2H3,(H2,24,26,27). The molecular formula is C23H41N7. The summed E-state index contributed by atoms with van der Waals surface area (Å²) in [5.41, 5.74) is 1.21. The second-order valence-corrected chi connectivity index (χ2v) is 8.54. The Morgan fingerprint density at radius 2 is 1.80 bits per heavy atom. The first-order valence-corrected chi connectivity index (χ1v) is 11.9. The molecule has 3 heterocycles. The molecule has 1 aromatic rings. The molecule has 0 unspecified atom stereocenters. The van der Waals surface area contributed by atoms with Crippen LogP contribution in [0.15, 0.2) is 23.3 Å². The summed E-state index contributed by atoms with van der Waals surface area (Å²) < 4.78 is 0. The van der Waals surface area contributed by atoms with Gasteiger partial charge in [-0.2, -0.15) is 0 Å². The third-order valence-corrected chi connectivity index (χ3v) is 6.04. The van der Waals surface area contributed by atoms with E-state index in [2.05, 4.69) is 56.4 Å². The molecule has 30 heavy (non-hydrogen) atoms. The fourth-order valence-corrected chi connectivity index (χ4v) is 4.15. The van der Waals surface area contributed by atoms with E-state index in [9.17, 15) is 0 Å². The van der Waals surface area contributed by atoms with Gasteiger partial charge >= 0.3 is 0 Å². The highest BCUT2D eigenvalue weighted by molar-refractivity contribution is 5.79. The minimum atomic E-state index is 0.671. The van der Waals surface area contributed by atoms with Gasteiger partial charge in [0.2, 0.25) is 0 Å². The highest BCUT2D eigenvalue weighted by Crippen LogP contribution is 2.15. The number of likely N-dealkylation sites (N-methyl/N-ethyl adjacent to an activating group) is 1. The molecule has 2 saturated heterocycles. The van der Waals surface area contributed by atoms with Gasteiger partial charge in [0.05, 0.1) is 6.54 Å². The molecule has 2 aliphatic heterocycles. The zero-order chi connectivity index (χ0) is 21.0. The minimum absolute atomic E-state index is 0.671. The molecule has 7 nitrogen and oxygen atoms in total. The fraction of sp³-hybridized carbons (Fsp3) is 0.739. The van der Waals surface area contributed by atoms with Gasteiger partial charge < -0.3 is 25.3 Å². The molecule has 7 heteroatoms. The third kappa shape index (κ3) is 7.76. The molecule has 3 rings (SSSR count). The van der Waals surface area contributed by atoms with Crippen molar-refractivity contribution in [1.82, 2.24) is 25.4 Å². The SMILES string of the molecule is CCNC(=NCc1ccnc(N2CCN(C)CC2)c1)NCCCN1CCCCCC1. The lowest BCUT2D eigenvalue weighted by atomic mass is 10.2. The number of nitrogens with zero attached hydrogens (tertiary/aromatic N) is 5. The van der Waals surface area contributed by atoms with Crippen LogP contribution in [0.1, 0.15) is 44.6 Å². The summed E-state index contributed by atoms with van der Waals surface area (Å²) in [5.74, 6) is 1.98. The molecule has 2 aliphatic rings. The van der Waals surface area contributed by atoms with Crippen molar-refractivity contribution in [2.75, 3.05) is 70.9 Å². The second kappa shape index (κ2) is 12.7. The van der Waals surface area contributed by atoms with Crippen molar-refractivity contribution < 1.29 is 0 Å². The predicted molar refractivity (Wildman–Crippen MR) is 126 cm³/mol. The number of guanidine groups is 1. The average Bonchev–Trinajstić information content (AvgIpc) is 3.04. The van der Waals surface area contributed by atoms with Crippen molar-refractivity contribution in [1.29, 1.82) is 0 Å². The van der Waals surface area contributed by atoms with Gasteiger partial charge in [0.25, 0.3) is 0 Å². The lowest BCUT2D eigenvalue weighted by Gasteiger charge is -2.33. The van der Waals surface area contributed by atoms with Crippen LogP contribution in [0.5, 0.6) is 0 Å². The highest BCUT2D eigenvalue weighted by Gasteiger charge is 2.15. The Morgan fingerprint density at radius 3 is 2.53 bits per heavy atom. The first kappa shape index (κ1) is 22.8. The maximum absolute atomic E-state index is 4.81. The zero-order valence-electron chi connectivity index (χ0n) is 19.1. The van der Waals surface area contributed by atoms with Gasteiger partial charge in [0.1, 0.15) is 5.82 Å². The predicted octanol–water partition coefficient (Wildman–Crippen LogP) is 2.15. The number of aromatic nitrogens is 1. The molecule has 0 aliphatic carbocycles. The smallest absolute Gasteiger partial charge is 0.191 e. The zero-order valence-corrected chi connectivity index (χ0v) is 19.1. The van der Waals surface area contributed by atoms with Crippen molar-refractivity contribution in [3.8, 4) is 0 Å². The van der Waals surface area contributed by atoms with Gasteiger partial charge in [-0.05, 0) is 70.6 Å². The fourth-order valence-electron chi connectivity index (χ4n) is 4.15. The third-order valence-electron chi connectivity index (χ3n) is 6.04. The quantitative estimate of drug-likeness (QED) is 0.385. The maximum atomic E-state index is 4.81. The molecular weight excluding hydrogens is 374 g/mol. The lowest BCUT2D eigenvalue weighted by Crippen LogP contribution is -2.44. The summed E-state index contributed by atoms with van der Waals surface area (Å²) in [5, 5.41) is 6.89. The van der Waals surface area contributed by atoms with Gasteiger partial charge in [-0.3, -0.25) is 0 Å². The molecule has 0 bridgehead atoms. The number of nitrogens with one attached hydrogen (secondary N) is 2. The molecule has 0 spiro atoms. The van der Waals surface area contributed by atoms with Crippen molar-refractivity contribution in [2.45, 2.75) is 45.6 Å². The maximum Gasteiger partial charge on any atom is 0.191 e. The molecule has 0 aromatic carbocycles. The van der Waals surface area contributed by atoms with E-state index in [1.807, 2.05) is 6.20 Å². The van der Waals surface area contributed by atoms with Crippen molar-refractivity contribution in [3.05, 3.63) is 23.9 Å². The van der Waals surface area contributed by atoms with Crippen LogP contribution in [-0.2, 0) is 6.54 Å². The first-order chi connectivity index (χ1) is 14.7. The summed E-state index contributed by atoms with van der Waals surface area (Å²) in [6.45, 7) is 12.6. The number of hydrogen-bond donors (Lipinski definition) is 2. The number of rotatable bonds is 8. The van der Waals surface area contributed by atoms with Gasteiger partial charge in [0, 0.05) is 45.5 Å². The summed E-state index contributed by atoms with van der Waals surface area (Å²) in [7, 11) is 2.18. The Morgan fingerprint density at radius 1 is 1.03 bits per heavy atom. The van der Waals surface area contributed by atoms with E-state index >= 15 is 0 Å². The van der Waals surface area contributed by atoms with Crippen LogP contribution in [0.2, 0.25) is 0 Å². The summed E-state index contributed by atoms with van der Waals surface area (Å²) in [4.78, 5) is 16.8. The number of pyridine rings is 1. The molecule has 0 saturated carbocycles. The molecule has 2 fully saturated rings. The van der Waals surface area contributed by atoms with Crippen LogP contribution in [0.3, 0.4) is 0 Å². The number of hydrogen-bond acceptors (Lipinski definition) is 5. The van der Waals surface area contributed by atoms with Crippen LogP contribution in [0, 0.1) is 0 Å². The molecule has 0 atom stereocenters. The van der Waals surface area contributed by atoms with E-state index in [0.29, 0.717) is 6.54 Å². The largest absolute Gasteiger partial charge is 0.357 e. The second-order valence-electron chi connectivity index (χ2n) is 8.54. The Hall–Kier alpha value is -1.86. The Labute approximate surface area is 182 Å². The first-order valence-electron chi connectivity index (χ1n) is 11.9. The van der Waals surface area contributed by atoms with Gasteiger partial charge in [-0.15, -0.1) is 0 Å². The number of aliphatic imine (C=N–C) groups is 1. The van der Waals surface area contributed by atoms with Crippen LogP contribution in [-0.4, -0.2) is 86.7 Å². The summed E-state index contributed by atoms with van der Waals surface area (Å²) in [6, 6.07) is 4.27. The van der Waals surface area contributed by atoms with E-state index in [4.69, 9.17) is 4.99 Å². The average molecular weight is 416 g/mol. The molecule has 168 valence electrons. The Balaban J connectivity index is 1.46. The van der Waals surface area contributed by atoms with Crippen molar-refractivity contribution >= 4 is 11.8 Å². The highest BCUT2D eigenvalue weighted by atomic mass is 15.3. The topological polar surface area (TPSA) is 59.0 Å². The molecule has 0 amide bonds. The molecule has 0 radical (unpaired) electrons. The van der Waals surface area contributed by atoms with Gasteiger partial charge in [-0.25, -0.2) is 9.98 Å². The molecule has 1 aromatic heterocycles. The van der Waals surface area contributed by atoms with Gasteiger partial charge in [0.15, 0.2) is 5.96 Å². The van der Waals surface area contributed by atoms with Crippen molar-refractivity contribution in [3.63, 3.8) is 0 Å². The van der Waals surface area contributed by atoms with E-state index in [0.717, 1.165) is 57.5 Å². The van der Waals surface area contributed by atoms with Crippen LogP contribution >= 0.6 is 0 Å². The number of likely N-dealkylation sites (tertiary alicyclic amines) is 1. The van der Waals surface area contributed by atoms with Crippen LogP contribution in [0.25, 0.3) is 0 Å².